The summed E-state index contributed by atoms with van der Waals surface area (Å²) in [5, 5.41) is -2.33. The molecule has 11 heavy (non-hydrogen) atoms. The Hall–Kier alpha value is 0.630. The van der Waals surface area contributed by atoms with Crippen LogP contribution >= 0.6 is 27.5 Å². The standard InChI is InChI=1S/C7H12BrClF2/c1-6(2,5-8)3-4-7(9,10)11/h3-5H2,1-2H3. The number of hydrogen-bond acceptors (Lipinski definition) is 0. The lowest BCUT2D eigenvalue weighted by Crippen LogP contribution is -2.17. The Labute approximate surface area is 79.4 Å². The van der Waals surface area contributed by atoms with E-state index in [9.17, 15) is 8.78 Å². The van der Waals surface area contributed by atoms with Gasteiger partial charge in [0, 0.05) is 11.8 Å². The Balaban J connectivity index is 3.70. The van der Waals surface area contributed by atoms with E-state index in [-0.39, 0.29) is 11.8 Å². The van der Waals surface area contributed by atoms with E-state index >= 15 is 0 Å². The van der Waals surface area contributed by atoms with Crippen molar-refractivity contribution in [1.29, 1.82) is 0 Å². The fourth-order valence-electron chi connectivity index (χ4n) is 0.547. The highest BCUT2D eigenvalue weighted by molar-refractivity contribution is 9.09. The van der Waals surface area contributed by atoms with Gasteiger partial charge in [-0.2, -0.15) is 8.78 Å². The molecule has 0 aliphatic heterocycles. The molecule has 0 unspecified atom stereocenters. The molecule has 0 aromatic carbocycles. The molecule has 0 fully saturated rings. The zero-order valence-corrected chi connectivity index (χ0v) is 8.98. The van der Waals surface area contributed by atoms with E-state index < -0.39 is 5.38 Å². The summed E-state index contributed by atoms with van der Waals surface area (Å²) in [5.41, 5.74) is -0.0989. The van der Waals surface area contributed by atoms with E-state index in [4.69, 9.17) is 11.6 Å². The minimum atomic E-state index is -3.04. The zero-order chi connectivity index (χ0) is 9.12. The van der Waals surface area contributed by atoms with Crippen molar-refractivity contribution in [2.75, 3.05) is 5.33 Å². The van der Waals surface area contributed by atoms with Crippen molar-refractivity contribution < 1.29 is 8.78 Å². The van der Waals surface area contributed by atoms with Crippen molar-refractivity contribution in [1.82, 2.24) is 0 Å². The monoisotopic (exact) mass is 248 g/mol. The lowest BCUT2D eigenvalue weighted by atomic mass is 9.90. The van der Waals surface area contributed by atoms with Crippen molar-refractivity contribution in [2.45, 2.75) is 32.1 Å². The molecule has 0 heterocycles. The molecule has 4 heteroatoms. The quantitative estimate of drug-likeness (QED) is 0.660. The minimum absolute atomic E-state index is 0.0989. The molecule has 0 spiro atoms. The number of hydrogen-bond donors (Lipinski definition) is 0. The second-order valence-corrected chi connectivity index (χ2v) is 4.53. The molecule has 68 valence electrons. The molecule has 0 aromatic rings. The van der Waals surface area contributed by atoms with Crippen LogP contribution in [0.15, 0.2) is 0 Å². The van der Waals surface area contributed by atoms with E-state index in [1.54, 1.807) is 0 Å². The van der Waals surface area contributed by atoms with Crippen LogP contribution in [-0.4, -0.2) is 10.7 Å². The minimum Gasteiger partial charge on any atom is -0.188 e. The molecule has 0 aromatic heterocycles. The third kappa shape index (κ3) is 7.01. The van der Waals surface area contributed by atoms with E-state index in [2.05, 4.69) is 15.9 Å². The first kappa shape index (κ1) is 11.6. The van der Waals surface area contributed by atoms with Crippen LogP contribution in [-0.2, 0) is 0 Å². The summed E-state index contributed by atoms with van der Waals surface area (Å²) < 4.78 is 24.3. The largest absolute Gasteiger partial charge is 0.321 e. The van der Waals surface area contributed by atoms with E-state index in [0.29, 0.717) is 11.8 Å². The first-order valence-electron chi connectivity index (χ1n) is 3.39. The second kappa shape index (κ2) is 4.04. The molecule has 0 N–H and O–H groups in total. The van der Waals surface area contributed by atoms with Gasteiger partial charge in [-0.1, -0.05) is 29.8 Å². The third-order valence-corrected chi connectivity index (χ3v) is 3.15. The Bertz CT molecular complexity index is 120. The SMILES string of the molecule is CC(C)(CBr)CCC(F)(F)Cl. The predicted octanol–water partition coefficient (Wildman–Crippen LogP) is 4.02. The predicted molar refractivity (Wildman–Crippen MR) is 47.6 cm³/mol. The van der Waals surface area contributed by atoms with Crippen LogP contribution in [0.25, 0.3) is 0 Å². The first-order valence-corrected chi connectivity index (χ1v) is 4.89. The molecule has 0 saturated carbocycles. The van der Waals surface area contributed by atoms with Crippen LogP contribution in [0, 0.1) is 5.41 Å². The molecule has 0 amide bonds. The summed E-state index contributed by atoms with van der Waals surface area (Å²) >= 11 is 8.00. The maximum atomic E-state index is 12.1. The van der Waals surface area contributed by atoms with Crippen LogP contribution < -0.4 is 0 Å². The summed E-state index contributed by atoms with van der Waals surface area (Å²) in [6.07, 6.45) is 0.169. The Morgan fingerprint density at radius 1 is 1.27 bits per heavy atom. The lowest BCUT2D eigenvalue weighted by Gasteiger charge is -2.22. The van der Waals surface area contributed by atoms with Gasteiger partial charge in [0.05, 0.1) is 0 Å². The Morgan fingerprint density at radius 2 is 1.73 bits per heavy atom. The highest BCUT2D eigenvalue weighted by atomic mass is 79.9. The summed E-state index contributed by atoms with van der Waals surface area (Å²) in [7, 11) is 0. The van der Waals surface area contributed by atoms with Crippen LogP contribution in [0.3, 0.4) is 0 Å². The summed E-state index contributed by atoms with van der Waals surface area (Å²) in [6.45, 7) is 3.84. The topological polar surface area (TPSA) is 0 Å². The smallest absolute Gasteiger partial charge is 0.188 e. The fraction of sp³-hybridized carbons (Fsp3) is 1.00. The normalized spacial score (nSPS) is 13.6. The molecule has 0 radical (unpaired) electrons. The van der Waals surface area contributed by atoms with Gasteiger partial charge < -0.3 is 0 Å². The van der Waals surface area contributed by atoms with E-state index in [1.807, 2.05) is 13.8 Å². The molecule has 0 nitrogen and oxygen atoms in total. The molecule has 0 rings (SSSR count). The molecular formula is C7H12BrClF2. The van der Waals surface area contributed by atoms with Gasteiger partial charge in [0.15, 0.2) is 0 Å². The van der Waals surface area contributed by atoms with Gasteiger partial charge in [-0.15, -0.1) is 0 Å². The summed E-state index contributed by atoms with van der Waals surface area (Å²) in [5.74, 6) is 0. The van der Waals surface area contributed by atoms with Crippen LogP contribution in [0.1, 0.15) is 26.7 Å². The molecule has 0 atom stereocenters. The zero-order valence-electron chi connectivity index (χ0n) is 6.63. The molecule has 0 aliphatic carbocycles. The molecule has 0 bridgehead atoms. The van der Waals surface area contributed by atoms with Gasteiger partial charge in [-0.05, 0) is 23.4 Å². The average molecular weight is 250 g/mol. The maximum absolute atomic E-state index is 12.1. The van der Waals surface area contributed by atoms with E-state index in [0.717, 1.165) is 0 Å². The van der Waals surface area contributed by atoms with Gasteiger partial charge in [0.25, 0.3) is 0 Å². The van der Waals surface area contributed by atoms with Crippen LogP contribution in [0.2, 0.25) is 0 Å². The molecular weight excluding hydrogens is 237 g/mol. The maximum Gasteiger partial charge on any atom is 0.321 e. The first-order chi connectivity index (χ1) is 4.77. The van der Waals surface area contributed by atoms with Gasteiger partial charge in [0.2, 0.25) is 0 Å². The van der Waals surface area contributed by atoms with Gasteiger partial charge in [0.1, 0.15) is 0 Å². The fourth-order valence-corrected chi connectivity index (χ4v) is 0.922. The summed E-state index contributed by atoms with van der Waals surface area (Å²) in [4.78, 5) is 0. The Kier molecular flexibility index (Phi) is 4.27. The van der Waals surface area contributed by atoms with Crippen LogP contribution in [0.4, 0.5) is 8.78 Å². The van der Waals surface area contributed by atoms with Crippen molar-refractivity contribution in [3.8, 4) is 0 Å². The molecule has 0 saturated heterocycles. The number of rotatable bonds is 4. The van der Waals surface area contributed by atoms with Gasteiger partial charge in [-0.3, -0.25) is 0 Å². The van der Waals surface area contributed by atoms with Crippen molar-refractivity contribution in [3.63, 3.8) is 0 Å². The van der Waals surface area contributed by atoms with E-state index in [1.165, 1.54) is 0 Å². The van der Waals surface area contributed by atoms with Crippen molar-refractivity contribution >= 4 is 27.5 Å². The Morgan fingerprint density at radius 3 is 2.00 bits per heavy atom. The number of halogens is 4. The lowest BCUT2D eigenvalue weighted by molar-refractivity contribution is 0.0723. The second-order valence-electron chi connectivity index (χ2n) is 3.41. The highest BCUT2D eigenvalue weighted by Gasteiger charge is 2.28. The van der Waals surface area contributed by atoms with Crippen LogP contribution in [0.5, 0.6) is 0 Å². The highest BCUT2D eigenvalue weighted by Crippen LogP contribution is 2.32. The summed E-state index contributed by atoms with van der Waals surface area (Å²) in [6, 6.07) is 0. The van der Waals surface area contributed by atoms with Crippen molar-refractivity contribution in [2.24, 2.45) is 5.41 Å². The van der Waals surface area contributed by atoms with Gasteiger partial charge >= 0.3 is 5.38 Å². The van der Waals surface area contributed by atoms with Crippen molar-refractivity contribution in [3.05, 3.63) is 0 Å². The average Bonchev–Trinajstić information content (AvgIpc) is 1.83. The number of alkyl halides is 4. The molecule has 0 aliphatic rings. The third-order valence-electron chi connectivity index (χ3n) is 1.45. The van der Waals surface area contributed by atoms with Gasteiger partial charge in [-0.25, -0.2) is 0 Å².